The van der Waals surface area contributed by atoms with Crippen molar-refractivity contribution in [2.45, 2.75) is 18.6 Å². The van der Waals surface area contributed by atoms with Crippen molar-refractivity contribution >= 4 is 11.0 Å². The van der Waals surface area contributed by atoms with Gasteiger partial charge in [0.05, 0.1) is 0 Å². The monoisotopic (exact) mass is 217 g/mol. The van der Waals surface area contributed by atoms with E-state index in [1.165, 1.54) is 0 Å². The number of aromatic nitrogens is 2. The number of pyridine rings is 1. The molecule has 3 heterocycles. The molecule has 1 saturated heterocycles. The number of nitrogens with zero attached hydrogens (tertiary/aromatic N) is 2. The molecule has 16 heavy (non-hydrogen) atoms. The normalized spacial score (nSPS) is 26.1. The molecule has 0 spiro atoms. The fourth-order valence-electron chi connectivity index (χ4n) is 2.38. The molecule has 4 nitrogen and oxygen atoms in total. The van der Waals surface area contributed by atoms with Gasteiger partial charge in [-0.05, 0) is 37.6 Å². The first-order valence-corrected chi connectivity index (χ1v) is 5.65. The summed E-state index contributed by atoms with van der Waals surface area (Å²) in [5.41, 5.74) is 0.0302. The summed E-state index contributed by atoms with van der Waals surface area (Å²) in [6.07, 6.45) is 5.45. The van der Waals surface area contributed by atoms with E-state index >= 15 is 0 Å². The van der Waals surface area contributed by atoms with Gasteiger partial charge in [0.1, 0.15) is 5.65 Å². The van der Waals surface area contributed by atoms with Gasteiger partial charge >= 0.3 is 0 Å². The third-order valence-corrected chi connectivity index (χ3v) is 3.24. The molecular formula is C12H15N3O. The Hall–Kier alpha value is -1.39. The van der Waals surface area contributed by atoms with Crippen LogP contribution in [0, 0.1) is 0 Å². The fraction of sp³-hybridized carbons (Fsp3) is 0.417. The van der Waals surface area contributed by atoms with Gasteiger partial charge in [0.25, 0.3) is 0 Å². The highest BCUT2D eigenvalue weighted by Gasteiger charge is 2.31. The van der Waals surface area contributed by atoms with E-state index in [4.69, 9.17) is 0 Å². The Morgan fingerprint density at radius 3 is 3.19 bits per heavy atom. The van der Waals surface area contributed by atoms with Crippen LogP contribution in [0.1, 0.15) is 12.8 Å². The molecule has 3 rings (SSSR count). The molecular weight excluding hydrogens is 202 g/mol. The molecule has 0 aromatic carbocycles. The summed E-state index contributed by atoms with van der Waals surface area (Å²) in [6.45, 7) is 1.57. The minimum atomic E-state index is -0.825. The Morgan fingerprint density at radius 2 is 2.38 bits per heavy atom. The lowest BCUT2D eigenvalue weighted by atomic mass is 10.0. The standard InChI is InChI=1S/C12H15N3O/c16-12(5-2-6-13-9-12)15-8-4-10-3-1-7-14-11(10)15/h1,3-4,7-8,13,16H,2,5-6,9H2. The summed E-state index contributed by atoms with van der Waals surface area (Å²) < 4.78 is 1.88. The predicted molar refractivity (Wildman–Crippen MR) is 62.0 cm³/mol. The lowest BCUT2D eigenvalue weighted by Crippen LogP contribution is -2.47. The summed E-state index contributed by atoms with van der Waals surface area (Å²) >= 11 is 0. The van der Waals surface area contributed by atoms with Crippen molar-refractivity contribution in [3.05, 3.63) is 30.6 Å². The fourth-order valence-corrected chi connectivity index (χ4v) is 2.38. The highest BCUT2D eigenvalue weighted by molar-refractivity contribution is 5.76. The number of hydrogen-bond acceptors (Lipinski definition) is 3. The van der Waals surface area contributed by atoms with Gasteiger partial charge in [0.2, 0.25) is 0 Å². The zero-order valence-electron chi connectivity index (χ0n) is 9.06. The molecule has 0 saturated carbocycles. The Morgan fingerprint density at radius 1 is 1.44 bits per heavy atom. The van der Waals surface area contributed by atoms with Crippen molar-refractivity contribution in [1.82, 2.24) is 14.9 Å². The number of rotatable bonds is 1. The van der Waals surface area contributed by atoms with Crippen LogP contribution in [-0.2, 0) is 5.72 Å². The van der Waals surface area contributed by atoms with E-state index in [1.54, 1.807) is 6.20 Å². The molecule has 0 aliphatic carbocycles. The van der Waals surface area contributed by atoms with Crippen LogP contribution < -0.4 is 5.32 Å². The molecule has 1 unspecified atom stereocenters. The van der Waals surface area contributed by atoms with Crippen molar-refractivity contribution in [2.24, 2.45) is 0 Å². The summed E-state index contributed by atoms with van der Waals surface area (Å²) in [7, 11) is 0. The lowest BCUT2D eigenvalue weighted by Gasteiger charge is -2.34. The maximum absolute atomic E-state index is 10.6. The average molecular weight is 217 g/mol. The Kier molecular flexibility index (Phi) is 2.19. The number of hydrogen-bond donors (Lipinski definition) is 2. The number of fused-ring (bicyclic) bond motifs is 1. The topological polar surface area (TPSA) is 50.1 Å². The number of nitrogens with one attached hydrogen (secondary N) is 1. The van der Waals surface area contributed by atoms with Gasteiger partial charge in [-0.3, -0.25) is 0 Å². The quantitative estimate of drug-likeness (QED) is 0.751. The molecule has 1 aliphatic heterocycles. The van der Waals surface area contributed by atoms with Gasteiger partial charge in [-0.1, -0.05) is 0 Å². The summed E-state index contributed by atoms with van der Waals surface area (Å²) in [5.74, 6) is 0. The van der Waals surface area contributed by atoms with Crippen LogP contribution in [0.2, 0.25) is 0 Å². The van der Waals surface area contributed by atoms with Gasteiger partial charge in [-0.25, -0.2) is 4.98 Å². The number of piperidine rings is 1. The molecule has 0 amide bonds. The van der Waals surface area contributed by atoms with Crippen LogP contribution in [0.15, 0.2) is 30.6 Å². The van der Waals surface area contributed by atoms with Crippen molar-refractivity contribution in [2.75, 3.05) is 13.1 Å². The first kappa shape index (κ1) is 9.81. The second-order valence-corrected chi connectivity index (χ2v) is 4.36. The maximum Gasteiger partial charge on any atom is 0.155 e. The summed E-state index contributed by atoms with van der Waals surface area (Å²) in [6, 6.07) is 5.92. The summed E-state index contributed by atoms with van der Waals surface area (Å²) in [5, 5.41) is 14.9. The summed E-state index contributed by atoms with van der Waals surface area (Å²) in [4.78, 5) is 4.34. The minimum absolute atomic E-state index is 0.591. The van der Waals surface area contributed by atoms with Crippen molar-refractivity contribution < 1.29 is 5.11 Å². The third-order valence-electron chi connectivity index (χ3n) is 3.24. The van der Waals surface area contributed by atoms with E-state index in [0.717, 1.165) is 30.4 Å². The molecule has 84 valence electrons. The Labute approximate surface area is 93.9 Å². The number of aliphatic hydroxyl groups is 1. The largest absolute Gasteiger partial charge is 0.369 e. The molecule has 0 bridgehead atoms. The van der Waals surface area contributed by atoms with Crippen LogP contribution in [0.4, 0.5) is 0 Å². The van der Waals surface area contributed by atoms with Crippen molar-refractivity contribution in [1.29, 1.82) is 0 Å². The van der Waals surface area contributed by atoms with Gasteiger partial charge in [-0.2, -0.15) is 0 Å². The van der Waals surface area contributed by atoms with Gasteiger partial charge in [0, 0.05) is 24.3 Å². The first-order valence-electron chi connectivity index (χ1n) is 5.65. The van der Waals surface area contributed by atoms with Crippen LogP contribution in [0.25, 0.3) is 11.0 Å². The number of β-amino-alcohol motifs (C(OH)–C–C–N with tert-alkyl or cyclic N) is 1. The van der Waals surface area contributed by atoms with Crippen LogP contribution in [0.5, 0.6) is 0 Å². The zero-order valence-corrected chi connectivity index (χ0v) is 9.06. The molecule has 0 radical (unpaired) electrons. The first-order chi connectivity index (χ1) is 7.80. The minimum Gasteiger partial charge on any atom is -0.369 e. The Balaban J connectivity index is 2.11. The highest BCUT2D eigenvalue weighted by Crippen LogP contribution is 2.26. The Bertz CT molecular complexity index is 500. The zero-order chi connectivity index (χ0) is 11.0. The van der Waals surface area contributed by atoms with Crippen LogP contribution in [0.3, 0.4) is 0 Å². The lowest BCUT2D eigenvalue weighted by molar-refractivity contribution is -0.0535. The molecule has 2 aromatic heterocycles. The SMILES string of the molecule is OC1(n2ccc3cccnc32)CCCNC1. The molecule has 1 aliphatic rings. The van der Waals surface area contributed by atoms with Crippen LogP contribution >= 0.6 is 0 Å². The van der Waals surface area contributed by atoms with Crippen molar-refractivity contribution in [3.63, 3.8) is 0 Å². The van der Waals surface area contributed by atoms with Gasteiger partial charge < -0.3 is 15.0 Å². The van der Waals surface area contributed by atoms with E-state index in [2.05, 4.69) is 10.3 Å². The van der Waals surface area contributed by atoms with E-state index < -0.39 is 5.72 Å². The molecule has 1 fully saturated rings. The molecule has 2 aromatic rings. The maximum atomic E-state index is 10.6. The van der Waals surface area contributed by atoms with Crippen molar-refractivity contribution in [3.8, 4) is 0 Å². The van der Waals surface area contributed by atoms with E-state index in [-0.39, 0.29) is 0 Å². The third kappa shape index (κ3) is 1.42. The second kappa shape index (κ2) is 3.57. The second-order valence-electron chi connectivity index (χ2n) is 4.36. The molecule has 1 atom stereocenters. The van der Waals surface area contributed by atoms with E-state index in [1.807, 2.05) is 29.0 Å². The average Bonchev–Trinajstić information content (AvgIpc) is 2.74. The van der Waals surface area contributed by atoms with E-state index in [9.17, 15) is 5.11 Å². The predicted octanol–water partition coefficient (Wildman–Crippen LogP) is 1.06. The van der Waals surface area contributed by atoms with Gasteiger partial charge in [0.15, 0.2) is 5.72 Å². The molecule has 4 heteroatoms. The van der Waals surface area contributed by atoms with Gasteiger partial charge in [-0.15, -0.1) is 0 Å². The van der Waals surface area contributed by atoms with E-state index in [0.29, 0.717) is 6.54 Å². The highest BCUT2D eigenvalue weighted by atomic mass is 16.3. The molecule has 2 N–H and O–H groups in total. The smallest absolute Gasteiger partial charge is 0.155 e. The van der Waals surface area contributed by atoms with Crippen LogP contribution in [-0.4, -0.2) is 27.7 Å².